The Hall–Kier alpha value is -10.9. The van der Waals surface area contributed by atoms with Gasteiger partial charge in [-0.3, -0.25) is 13.7 Å². The summed E-state index contributed by atoms with van der Waals surface area (Å²) in [5, 5.41) is 6.93. The average molecular weight is 1150 g/mol. The van der Waals surface area contributed by atoms with Crippen LogP contribution in [0, 0.1) is 0 Å². The van der Waals surface area contributed by atoms with Crippen molar-refractivity contribution in [2.24, 2.45) is 0 Å². The van der Waals surface area contributed by atoms with Crippen molar-refractivity contribution in [2.45, 2.75) is 57.8 Å². The van der Waals surface area contributed by atoms with E-state index in [2.05, 4.69) is 316 Å². The molecule has 0 radical (unpaired) electrons. The fourth-order valence-electron chi connectivity index (χ4n) is 16.6. The molecule has 0 saturated heterocycles. The largest absolute Gasteiger partial charge is 0.294 e. The molecule has 90 heavy (non-hydrogen) atoms. The van der Waals surface area contributed by atoms with Gasteiger partial charge in [0.2, 0.25) is 5.95 Å². The summed E-state index contributed by atoms with van der Waals surface area (Å²) in [5.41, 5.74) is 29.0. The van der Waals surface area contributed by atoms with E-state index in [1.807, 2.05) is 0 Å². The van der Waals surface area contributed by atoms with E-state index in [0.717, 1.165) is 93.7 Å². The Bertz CT molecular complexity index is 5260. The molecular formula is C85H61N5. The van der Waals surface area contributed by atoms with Crippen LogP contribution in [0.5, 0.6) is 0 Å². The molecule has 0 fully saturated rings. The summed E-state index contributed by atoms with van der Waals surface area (Å²) in [5.74, 6) is 2.13. The van der Waals surface area contributed by atoms with Crippen LogP contribution in [-0.2, 0) is 16.2 Å². The molecule has 0 bridgehead atoms. The van der Waals surface area contributed by atoms with Gasteiger partial charge < -0.3 is 0 Å². The molecule has 0 atom stereocenters. The van der Waals surface area contributed by atoms with Crippen LogP contribution >= 0.6 is 0 Å². The summed E-state index contributed by atoms with van der Waals surface area (Å²) >= 11 is 0. The lowest BCUT2D eigenvalue weighted by atomic mass is 9.81. The van der Waals surface area contributed by atoms with E-state index in [9.17, 15) is 0 Å². The summed E-state index contributed by atoms with van der Waals surface area (Å²) in [6.45, 7) is 14.2. The highest BCUT2D eigenvalue weighted by Gasteiger charge is 2.38. The van der Waals surface area contributed by atoms with Crippen molar-refractivity contribution >= 4 is 65.4 Å². The van der Waals surface area contributed by atoms with E-state index >= 15 is 0 Å². The summed E-state index contributed by atoms with van der Waals surface area (Å²) in [4.78, 5) is 11.8. The van der Waals surface area contributed by atoms with E-state index in [1.165, 1.54) is 83.5 Å². The van der Waals surface area contributed by atoms with E-state index < -0.39 is 0 Å². The molecule has 0 unspecified atom stereocenters. The first-order valence-corrected chi connectivity index (χ1v) is 31.6. The van der Waals surface area contributed by atoms with Crippen LogP contribution in [0.3, 0.4) is 0 Å². The maximum atomic E-state index is 5.90. The zero-order valence-corrected chi connectivity index (χ0v) is 51.1. The minimum absolute atomic E-state index is 0.134. The highest BCUT2D eigenvalue weighted by molar-refractivity contribution is 6.13. The molecular weight excluding hydrogens is 1090 g/mol. The Balaban J connectivity index is 0.861. The molecule has 12 aromatic carbocycles. The number of para-hydroxylation sites is 3. The van der Waals surface area contributed by atoms with Crippen LogP contribution in [0.4, 0.5) is 0 Å². The quantitative estimate of drug-likeness (QED) is 0.166. The first-order chi connectivity index (χ1) is 43.9. The maximum Gasteiger partial charge on any atom is 0.238 e. The van der Waals surface area contributed by atoms with Gasteiger partial charge in [0.15, 0.2) is 0 Å². The van der Waals surface area contributed by atoms with Gasteiger partial charge >= 0.3 is 0 Å². The van der Waals surface area contributed by atoms with Crippen molar-refractivity contribution in [3.8, 4) is 84.3 Å². The molecule has 0 N–H and O–H groups in total. The van der Waals surface area contributed by atoms with Crippen LogP contribution in [-0.4, -0.2) is 23.7 Å². The van der Waals surface area contributed by atoms with E-state index in [1.54, 1.807) is 0 Å². The molecule has 4 aromatic heterocycles. The fraction of sp³-hybridized carbons (Fsp3) is 0.106. The molecule has 3 aliphatic carbocycles. The lowest BCUT2D eigenvalue weighted by Crippen LogP contribution is -2.14. The van der Waals surface area contributed by atoms with Crippen molar-refractivity contribution in [1.29, 1.82) is 0 Å². The molecule has 0 amide bonds. The zero-order chi connectivity index (χ0) is 60.1. The number of fused-ring (bicyclic) bond motifs is 18. The SMILES string of the molecule is CC1(C)c2ccccc2-c2ccc(-c3ccc4c5ccccc5n(-c5cc(-n6c7ccccc7c7ccc(-c8ccc9c(c8)C(C)(C)c8ccccc8-9)cc76)nc(-n6c7ccccc7c7ccc(-c8ccc9c(c8)C(C)(C)c8ccccc8-9)cc76)n5)c4c3)cc21. The number of nitrogens with zero attached hydrogens (tertiary/aromatic N) is 5. The van der Waals surface area contributed by atoms with Gasteiger partial charge in [-0.2, -0.15) is 9.97 Å². The van der Waals surface area contributed by atoms with Gasteiger partial charge in [-0.05, 0) is 155 Å². The smallest absolute Gasteiger partial charge is 0.238 e. The monoisotopic (exact) mass is 1150 g/mol. The summed E-state index contributed by atoms with van der Waals surface area (Å²) in [6.07, 6.45) is 0. The van der Waals surface area contributed by atoms with Crippen molar-refractivity contribution in [2.75, 3.05) is 0 Å². The molecule has 3 aliphatic rings. The van der Waals surface area contributed by atoms with Crippen LogP contribution in [0.25, 0.3) is 150 Å². The Morgan fingerprint density at radius 1 is 0.222 bits per heavy atom. The summed E-state index contributed by atoms with van der Waals surface area (Å²) in [6, 6.07) is 97.6. The van der Waals surface area contributed by atoms with Gasteiger partial charge in [0.05, 0.1) is 33.1 Å². The van der Waals surface area contributed by atoms with Crippen LogP contribution in [0.1, 0.15) is 74.9 Å². The van der Waals surface area contributed by atoms with Crippen molar-refractivity contribution in [3.05, 3.63) is 294 Å². The maximum absolute atomic E-state index is 5.90. The van der Waals surface area contributed by atoms with Crippen molar-refractivity contribution in [3.63, 3.8) is 0 Å². The van der Waals surface area contributed by atoms with Crippen LogP contribution in [0.15, 0.2) is 261 Å². The lowest BCUT2D eigenvalue weighted by molar-refractivity contribution is 0.660. The number of aromatic nitrogens is 5. The zero-order valence-electron chi connectivity index (χ0n) is 51.1. The Morgan fingerprint density at radius 3 is 0.856 bits per heavy atom. The highest BCUT2D eigenvalue weighted by Crippen LogP contribution is 2.53. The van der Waals surface area contributed by atoms with Gasteiger partial charge in [0.25, 0.3) is 0 Å². The van der Waals surface area contributed by atoms with E-state index in [-0.39, 0.29) is 16.2 Å². The molecule has 4 heterocycles. The number of hydrogen-bond acceptors (Lipinski definition) is 2. The Labute approximate surface area is 522 Å². The standard InChI is InChI=1S/C85H61N5/c1-83(2)68-25-13-7-19-56(68)59-37-31-50(43-71(59)83)53-34-40-65-62-22-10-16-28-74(62)88(77(65)46-53)80-49-81(89-75-29-17-11-23-63(75)66-41-35-54(47-78(66)89)51-32-38-60-57-20-8-14-26-69(57)84(3,4)72(60)44-51)87-82(86-80)90-76-30-18-12-24-64(76)67-42-36-55(48-79(67)90)52-33-39-61-58-21-9-15-27-70(58)85(5,6)73(61)45-52/h7-49H,1-6H3. The van der Waals surface area contributed by atoms with Gasteiger partial charge in [-0.25, -0.2) is 0 Å². The molecule has 0 spiro atoms. The third-order valence-corrected chi connectivity index (χ3v) is 21.1. The number of benzene rings is 12. The third kappa shape index (κ3) is 6.97. The summed E-state index contributed by atoms with van der Waals surface area (Å²) in [7, 11) is 0. The second kappa shape index (κ2) is 18.1. The second-order valence-corrected chi connectivity index (χ2v) is 26.9. The minimum Gasteiger partial charge on any atom is -0.294 e. The summed E-state index contributed by atoms with van der Waals surface area (Å²) < 4.78 is 7.11. The predicted octanol–water partition coefficient (Wildman–Crippen LogP) is 21.7. The first kappa shape index (κ1) is 51.2. The average Bonchev–Trinajstić information content (AvgIpc) is 1.60. The van der Waals surface area contributed by atoms with Crippen molar-refractivity contribution in [1.82, 2.24) is 23.7 Å². The molecule has 5 heteroatoms. The molecule has 0 aliphatic heterocycles. The van der Waals surface area contributed by atoms with Gasteiger partial charge in [0.1, 0.15) is 11.6 Å². The van der Waals surface area contributed by atoms with Crippen LogP contribution < -0.4 is 0 Å². The molecule has 0 saturated carbocycles. The third-order valence-electron chi connectivity index (χ3n) is 21.1. The molecule has 5 nitrogen and oxygen atoms in total. The van der Waals surface area contributed by atoms with Crippen LogP contribution in [0.2, 0.25) is 0 Å². The second-order valence-electron chi connectivity index (χ2n) is 26.9. The first-order valence-electron chi connectivity index (χ1n) is 31.6. The predicted molar refractivity (Wildman–Crippen MR) is 374 cm³/mol. The van der Waals surface area contributed by atoms with Crippen molar-refractivity contribution < 1.29 is 0 Å². The van der Waals surface area contributed by atoms with E-state index in [4.69, 9.17) is 9.97 Å². The van der Waals surface area contributed by atoms with Gasteiger partial charge in [-0.15, -0.1) is 0 Å². The minimum atomic E-state index is -0.137. The topological polar surface area (TPSA) is 40.6 Å². The number of hydrogen-bond donors (Lipinski definition) is 0. The molecule has 426 valence electrons. The Morgan fingerprint density at radius 2 is 0.489 bits per heavy atom. The van der Waals surface area contributed by atoms with Gasteiger partial charge in [-0.1, -0.05) is 242 Å². The molecule has 19 rings (SSSR count). The lowest BCUT2D eigenvalue weighted by Gasteiger charge is -2.22. The number of rotatable bonds is 6. The van der Waals surface area contributed by atoms with E-state index in [0.29, 0.717) is 5.95 Å². The Kier molecular flexibility index (Phi) is 10.3. The fourth-order valence-corrected chi connectivity index (χ4v) is 16.6. The molecule has 16 aromatic rings. The highest BCUT2D eigenvalue weighted by atomic mass is 15.2. The van der Waals surface area contributed by atoms with Gasteiger partial charge in [0, 0.05) is 54.6 Å². The normalized spacial score (nSPS) is 14.6.